The Kier molecular flexibility index (Phi) is 3.47. The highest BCUT2D eigenvalue weighted by atomic mass is 15.5. The third-order valence-electron chi connectivity index (χ3n) is 4.67. The van der Waals surface area contributed by atoms with Crippen molar-refractivity contribution in [1.82, 2.24) is 20.3 Å². The van der Waals surface area contributed by atoms with Gasteiger partial charge in [0.1, 0.15) is 0 Å². The van der Waals surface area contributed by atoms with E-state index in [4.69, 9.17) is 0 Å². The van der Waals surface area contributed by atoms with Gasteiger partial charge in [-0.15, -0.1) is 0 Å². The molecule has 2 saturated carbocycles. The maximum Gasteiger partial charge on any atom is 0.0969 e. The quantitative estimate of drug-likeness (QED) is 0.849. The minimum atomic E-state index is 0.822. The van der Waals surface area contributed by atoms with Crippen molar-refractivity contribution in [3.05, 3.63) is 42.2 Å². The second-order valence-corrected chi connectivity index (χ2v) is 6.43. The van der Waals surface area contributed by atoms with E-state index in [0.29, 0.717) is 0 Å². The summed E-state index contributed by atoms with van der Waals surface area (Å²) in [7, 11) is 0. The van der Waals surface area contributed by atoms with Gasteiger partial charge >= 0.3 is 0 Å². The number of hydrogen-bond donors (Lipinski definition) is 1. The molecule has 2 aliphatic carbocycles. The lowest BCUT2D eigenvalue weighted by Gasteiger charge is -2.15. The van der Waals surface area contributed by atoms with Crippen LogP contribution in [0.1, 0.15) is 31.4 Å². The molecule has 1 aromatic heterocycles. The molecule has 0 radical (unpaired) electrons. The van der Waals surface area contributed by atoms with Crippen LogP contribution < -0.4 is 5.32 Å². The first-order valence-corrected chi connectivity index (χ1v) is 8.07. The van der Waals surface area contributed by atoms with Gasteiger partial charge < -0.3 is 5.32 Å². The summed E-state index contributed by atoms with van der Waals surface area (Å²) in [5, 5.41) is 12.5. The summed E-state index contributed by atoms with van der Waals surface area (Å²) in [6.07, 6.45) is 7.67. The normalized spacial score (nSPS) is 18.3. The lowest BCUT2D eigenvalue weighted by atomic mass is 9.98. The van der Waals surface area contributed by atoms with E-state index in [0.717, 1.165) is 42.2 Å². The molecule has 110 valence electrons. The van der Waals surface area contributed by atoms with Crippen molar-refractivity contribution in [2.75, 3.05) is 6.54 Å². The molecule has 1 heterocycles. The molecule has 2 aromatic rings. The molecule has 1 N–H and O–H groups in total. The van der Waals surface area contributed by atoms with Crippen LogP contribution in [0.4, 0.5) is 0 Å². The fourth-order valence-corrected chi connectivity index (χ4v) is 3.20. The largest absolute Gasteiger partial charge is 0.311 e. The lowest BCUT2D eigenvalue weighted by Crippen LogP contribution is -2.25. The van der Waals surface area contributed by atoms with Crippen LogP contribution in [0.5, 0.6) is 0 Å². The molecule has 0 spiro atoms. The van der Waals surface area contributed by atoms with Gasteiger partial charge in [0.2, 0.25) is 0 Å². The van der Waals surface area contributed by atoms with Gasteiger partial charge in [0.25, 0.3) is 0 Å². The van der Waals surface area contributed by atoms with Gasteiger partial charge in [-0.1, -0.05) is 18.2 Å². The number of rotatable bonds is 7. The van der Waals surface area contributed by atoms with E-state index in [2.05, 4.69) is 15.5 Å². The molecule has 2 aliphatic rings. The minimum absolute atomic E-state index is 0.822. The van der Waals surface area contributed by atoms with Crippen molar-refractivity contribution < 1.29 is 0 Å². The van der Waals surface area contributed by atoms with Gasteiger partial charge in [-0.05, 0) is 62.1 Å². The smallest absolute Gasteiger partial charge is 0.0969 e. The van der Waals surface area contributed by atoms with Crippen LogP contribution in [0.15, 0.2) is 36.5 Å². The van der Waals surface area contributed by atoms with Gasteiger partial charge in [0.15, 0.2) is 0 Å². The van der Waals surface area contributed by atoms with Crippen LogP contribution in [0.2, 0.25) is 0 Å². The Morgan fingerprint density at radius 3 is 2.48 bits per heavy atom. The number of aromatic nitrogens is 3. The highest BCUT2D eigenvalue weighted by Gasteiger charge is 2.40. The Hall–Kier alpha value is -1.68. The summed E-state index contributed by atoms with van der Waals surface area (Å²) in [6.45, 7) is 1.97. The zero-order chi connectivity index (χ0) is 14.1. The standard InChI is InChI=1S/C17H22N4/c1-2-4-16(5-3-1)21-19-11-15(20-21)10-18-12-17(13-6-7-13)14-8-9-14/h1-5,11,13-14,17-18H,6-10,12H2. The zero-order valence-corrected chi connectivity index (χ0v) is 12.3. The van der Waals surface area contributed by atoms with E-state index in [1.54, 1.807) is 4.80 Å². The van der Waals surface area contributed by atoms with Crippen molar-refractivity contribution >= 4 is 0 Å². The number of nitrogens with zero attached hydrogens (tertiary/aromatic N) is 3. The molecular weight excluding hydrogens is 260 g/mol. The molecule has 4 nitrogen and oxygen atoms in total. The zero-order valence-electron chi connectivity index (χ0n) is 12.3. The van der Waals surface area contributed by atoms with E-state index < -0.39 is 0 Å². The van der Waals surface area contributed by atoms with Crippen molar-refractivity contribution in [3.8, 4) is 5.69 Å². The van der Waals surface area contributed by atoms with Crippen LogP contribution in [-0.4, -0.2) is 21.5 Å². The summed E-state index contributed by atoms with van der Waals surface area (Å²) < 4.78 is 0. The van der Waals surface area contributed by atoms with Crippen LogP contribution in [0, 0.1) is 17.8 Å². The number of para-hydroxylation sites is 1. The van der Waals surface area contributed by atoms with Crippen molar-refractivity contribution in [3.63, 3.8) is 0 Å². The lowest BCUT2D eigenvalue weighted by molar-refractivity contribution is 0.377. The van der Waals surface area contributed by atoms with E-state index in [1.807, 2.05) is 36.5 Å². The fourth-order valence-electron chi connectivity index (χ4n) is 3.20. The van der Waals surface area contributed by atoms with Crippen molar-refractivity contribution in [1.29, 1.82) is 0 Å². The van der Waals surface area contributed by atoms with E-state index in [9.17, 15) is 0 Å². The molecule has 0 bridgehead atoms. The highest BCUT2D eigenvalue weighted by Crippen LogP contribution is 2.48. The minimum Gasteiger partial charge on any atom is -0.311 e. The molecule has 4 heteroatoms. The first kappa shape index (κ1) is 13.0. The summed E-state index contributed by atoms with van der Waals surface area (Å²) >= 11 is 0. The molecule has 2 fully saturated rings. The average Bonchev–Trinajstić information content (AvgIpc) is 3.45. The van der Waals surface area contributed by atoms with Crippen molar-refractivity contribution in [2.24, 2.45) is 17.8 Å². The molecule has 0 unspecified atom stereocenters. The Bertz CT molecular complexity index is 572. The Morgan fingerprint density at radius 1 is 1.10 bits per heavy atom. The predicted molar refractivity (Wildman–Crippen MR) is 82.0 cm³/mol. The number of benzene rings is 1. The number of hydrogen-bond acceptors (Lipinski definition) is 3. The summed E-state index contributed by atoms with van der Waals surface area (Å²) in [6, 6.07) is 10.1. The van der Waals surface area contributed by atoms with Gasteiger partial charge in [0.05, 0.1) is 17.6 Å². The third kappa shape index (κ3) is 3.16. The van der Waals surface area contributed by atoms with E-state index in [1.165, 1.54) is 25.7 Å². The van der Waals surface area contributed by atoms with Gasteiger partial charge in [-0.3, -0.25) is 0 Å². The summed E-state index contributed by atoms with van der Waals surface area (Å²) in [4.78, 5) is 1.70. The van der Waals surface area contributed by atoms with Crippen molar-refractivity contribution in [2.45, 2.75) is 32.2 Å². The van der Waals surface area contributed by atoms with Gasteiger partial charge in [0, 0.05) is 6.54 Å². The second kappa shape index (κ2) is 5.60. The third-order valence-corrected chi connectivity index (χ3v) is 4.67. The van der Waals surface area contributed by atoms with Gasteiger partial charge in [-0.2, -0.15) is 15.0 Å². The SMILES string of the molecule is c1ccc(-n2ncc(CNCC(C3CC3)C3CC3)n2)cc1. The fraction of sp³-hybridized carbons (Fsp3) is 0.529. The van der Waals surface area contributed by atoms with E-state index >= 15 is 0 Å². The highest BCUT2D eigenvalue weighted by molar-refractivity contribution is 5.28. The molecule has 1 aromatic carbocycles. The number of nitrogens with one attached hydrogen (secondary N) is 1. The Morgan fingerprint density at radius 2 is 1.81 bits per heavy atom. The van der Waals surface area contributed by atoms with Crippen LogP contribution in [0.25, 0.3) is 5.69 Å². The predicted octanol–water partition coefficient (Wildman–Crippen LogP) is 2.79. The molecule has 0 aliphatic heterocycles. The maximum atomic E-state index is 4.54. The summed E-state index contributed by atoms with van der Waals surface area (Å²) in [5.41, 5.74) is 2.03. The van der Waals surface area contributed by atoms with Crippen LogP contribution >= 0.6 is 0 Å². The molecule has 0 atom stereocenters. The molecule has 0 amide bonds. The first-order chi connectivity index (χ1) is 10.4. The average molecular weight is 282 g/mol. The topological polar surface area (TPSA) is 42.7 Å². The molecule has 0 saturated heterocycles. The van der Waals surface area contributed by atoms with E-state index in [-0.39, 0.29) is 0 Å². The molecular formula is C17H22N4. The second-order valence-electron chi connectivity index (χ2n) is 6.43. The monoisotopic (exact) mass is 282 g/mol. The first-order valence-electron chi connectivity index (χ1n) is 8.07. The van der Waals surface area contributed by atoms with Crippen LogP contribution in [-0.2, 0) is 6.54 Å². The molecule has 4 rings (SSSR count). The van der Waals surface area contributed by atoms with Gasteiger partial charge in [-0.25, -0.2) is 0 Å². The van der Waals surface area contributed by atoms with Crippen LogP contribution in [0.3, 0.4) is 0 Å². The maximum absolute atomic E-state index is 4.54. The summed E-state index contributed by atoms with van der Waals surface area (Å²) in [5.74, 6) is 2.92. The Balaban J connectivity index is 1.32. The Labute approximate surface area is 125 Å². The molecule has 21 heavy (non-hydrogen) atoms.